The number of phenols is 1. The summed E-state index contributed by atoms with van der Waals surface area (Å²) in [5, 5.41) is 15.5. The fourth-order valence-corrected chi connectivity index (χ4v) is 1.87. The number of nitrogens with zero attached hydrogens (tertiary/aromatic N) is 1. The molecule has 0 aromatic heterocycles. The molecule has 6 heteroatoms. The molecule has 6 nitrogen and oxygen atoms in total. The average molecular weight is 311 g/mol. The van der Waals surface area contributed by atoms with Crippen LogP contribution in [0.5, 0.6) is 5.75 Å². The molecule has 2 aromatic rings. The summed E-state index contributed by atoms with van der Waals surface area (Å²) in [5.74, 6) is -1.48. The van der Waals surface area contributed by atoms with E-state index in [9.17, 15) is 14.7 Å². The number of benzene rings is 2. The second kappa shape index (κ2) is 8.33. The first-order chi connectivity index (χ1) is 11.1. The number of carbonyl (C=O) groups is 2. The average Bonchev–Trinajstić information content (AvgIpc) is 2.55. The van der Waals surface area contributed by atoms with Gasteiger partial charge in [0.2, 0.25) is 0 Å². The van der Waals surface area contributed by atoms with Crippen molar-refractivity contribution in [3.63, 3.8) is 0 Å². The van der Waals surface area contributed by atoms with Crippen LogP contribution in [-0.4, -0.2) is 29.7 Å². The third-order valence-electron chi connectivity index (χ3n) is 3.00. The Morgan fingerprint density at radius 1 is 1.04 bits per heavy atom. The van der Waals surface area contributed by atoms with Crippen molar-refractivity contribution in [1.29, 1.82) is 0 Å². The lowest BCUT2D eigenvalue weighted by Crippen LogP contribution is -2.38. The topological polar surface area (TPSA) is 90.8 Å². The SMILES string of the molecule is O=C(NCCc1ccccc1)C(=O)N/N=C/c1cccc(O)c1. The molecule has 0 heterocycles. The van der Waals surface area contributed by atoms with Gasteiger partial charge in [-0.2, -0.15) is 5.10 Å². The predicted molar refractivity (Wildman–Crippen MR) is 87.0 cm³/mol. The standard InChI is InChI=1S/C17H17N3O3/c21-15-8-4-7-14(11-15)12-19-20-17(23)16(22)18-10-9-13-5-2-1-3-6-13/h1-8,11-12,21H,9-10H2,(H,18,22)(H,20,23)/b19-12+. The van der Waals surface area contributed by atoms with E-state index in [4.69, 9.17) is 0 Å². The van der Waals surface area contributed by atoms with Crippen molar-refractivity contribution in [3.05, 3.63) is 65.7 Å². The van der Waals surface area contributed by atoms with Gasteiger partial charge in [-0.1, -0.05) is 42.5 Å². The molecular weight excluding hydrogens is 294 g/mol. The normalized spacial score (nSPS) is 10.4. The van der Waals surface area contributed by atoms with Gasteiger partial charge in [0.25, 0.3) is 0 Å². The van der Waals surface area contributed by atoms with E-state index < -0.39 is 11.8 Å². The third-order valence-corrected chi connectivity index (χ3v) is 3.00. The molecule has 0 fully saturated rings. The van der Waals surface area contributed by atoms with E-state index in [0.29, 0.717) is 18.5 Å². The van der Waals surface area contributed by atoms with E-state index >= 15 is 0 Å². The lowest BCUT2D eigenvalue weighted by atomic mass is 10.1. The minimum atomic E-state index is -0.838. The number of aromatic hydroxyl groups is 1. The maximum atomic E-state index is 11.6. The molecule has 0 bridgehead atoms. The van der Waals surface area contributed by atoms with E-state index in [2.05, 4.69) is 15.8 Å². The number of amides is 2. The number of nitrogens with one attached hydrogen (secondary N) is 2. The van der Waals surface area contributed by atoms with Crippen molar-refractivity contribution in [2.75, 3.05) is 6.54 Å². The molecule has 0 atom stereocenters. The Morgan fingerprint density at radius 3 is 2.57 bits per heavy atom. The highest BCUT2D eigenvalue weighted by atomic mass is 16.3. The zero-order valence-corrected chi connectivity index (χ0v) is 12.4. The van der Waals surface area contributed by atoms with E-state index in [-0.39, 0.29) is 5.75 Å². The Balaban J connectivity index is 1.73. The first-order valence-corrected chi connectivity index (χ1v) is 7.09. The van der Waals surface area contributed by atoms with Crippen LogP contribution in [-0.2, 0) is 16.0 Å². The summed E-state index contributed by atoms with van der Waals surface area (Å²) in [7, 11) is 0. The Kier molecular flexibility index (Phi) is 5.88. The molecule has 0 aliphatic carbocycles. The summed E-state index contributed by atoms with van der Waals surface area (Å²) in [5.41, 5.74) is 3.82. The highest BCUT2D eigenvalue weighted by Gasteiger charge is 2.11. The molecule has 3 N–H and O–H groups in total. The molecule has 0 saturated heterocycles. The minimum absolute atomic E-state index is 0.0962. The van der Waals surface area contributed by atoms with E-state index in [1.807, 2.05) is 30.3 Å². The third kappa shape index (κ3) is 5.62. The van der Waals surface area contributed by atoms with Gasteiger partial charge in [-0.25, -0.2) is 5.43 Å². The van der Waals surface area contributed by atoms with Crippen LogP contribution in [0.3, 0.4) is 0 Å². The fourth-order valence-electron chi connectivity index (χ4n) is 1.87. The summed E-state index contributed by atoms with van der Waals surface area (Å²) in [6, 6.07) is 16.0. The summed E-state index contributed by atoms with van der Waals surface area (Å²) < 4.78 is 0. The fraction of sp³-hybridized carbons (Fsp3) is 0.118. The van der Waals surface area contributed by atoms with Gasteiger partial charge >= 0.3 is 11.8 Å². The Hall–Kier alpha value is -3.15. The van der Waals surface area contributed by atoms with Crippen molar-refractivity contribution in [2.24, 2.45) is 5.10 Å². The zero-order valence-electron chi connectivity index (χ0n) is 12.4. The van der Waals surface area contributed by atoms with Crippen molar-refractivity contribution in [3.8, 4) is 5.75 Å². The monoisotopic (exact) mass is 311 g/mol. The van der Waals surface area contributed by atoms with Crippen molar-refractivity contribution >= 4 is 18.0 Å². The predicted octanol–water partition coefficient (Wildman–Crippen LogP) is 1.20. The lowest BCUT2D eigenvalue weighted by molar-refractivity contribution is -0.139. The number of hydrogen-bond donors (Lipinski definition) is 3. The van der Waals surface area contributed by atoms with Gasteiger partial charge in [-0.15, -0.1) is 0 Å². The van der Waals surface area contributed by atoms with E-state index in [1.54, 1.807) is 12.1 Å². The molecule has 2 rings (SSSR count). The van der Waals surface area contributed by atoms with Gasteiger partial charge < -0.3 is 10.4 Å². The van der Waals surface area contributed by atoms with Crippen LogP contribution in [0.2, 0.25) is 0 Å². The Morgan fingerprint density at radius 2 is 1.83 bits per heavy atom. The van der Waals surface area contributed by atoms with Crippen LogP contribution in [0.4, 0.5) is 0 Å². The molecule has 0 aliphatic heterocycles. The molecule has 0 aliphatic rings. The summed E-state index contributed by atoms with van der Waals surface area (Å²) in [4.78, 5) is 23.1. The number of rotatable bonds is 5. The highest BCUT2D eigenvalue weighted by Crippen LogP contribution is 2.08. The minimum Gasteiger partial charge on any atom is -0.508 e. The van der Waals surface area contributed by atoms with Crippen LogP contribution < -0.4 is 10.7 Å². The van der Waals surface area contributed by atoms with Crippen LogP contribution in [0, 0.1) is 0 Å². The van der Waals surface area contributed by atoms with Gasteiger partial charge in [-0.05, 0) is 29.7 Å². The number of phenolic OH excluding ortho intramolecular Hbond substituents is 1. The van der Waals surface area contributed by atoms with Gasteiger partial charge in [0.15, 0.2) is 0 Å². The smallest absolute Gasteiger partial charge is 0.329 e. The summed E-state index contributed by atoms with van der Waals surface area (Å²) in [6.45, 7) is 0.368. The summed E-state index contributed by atoms with van der Waals surface area (Å²) >= 11 is 0. The van der Waals surface area contributed by atoms with E-state index in [1.165, 1.54) is 18.3 Å². The number of carbonyl (C=O) groups excluding carboxylic acids is 2. The maximum absolute atomic E-state index is 11.6. The first kappa shape index (κ1) is 16.2. The molecule has 118 valence electrons. The Labute approximate surface area is 133 Å². The van der Waals surface area contributed by atoms with Crippen LogP contribution >= 0.6 is 0 Å². The molecule has 0 saturated carbocycles. The number of hydrogen-bond acceptors (Lipinski definition) is 4. The number of hydrazone groups is 1. The second-order valence-corrected chi connectivity index (χ2v) is 4.79. The van der Waals surface area contributed by atoms with Gasteiger partial charge in [0.1, 0.15) is 5.75 Å². The van der Waals surface area contributed by atoms with Crippen LogP contribution in [0.1, 0.15) is 11.1 Å². The highest BCUT2D eigenvalue weighted by molar-refractivity contribution is 6.35. The maximum Gasteiger partial charge on any atom is 0.329 e. The second-order valence-electron chi connectivity index (χ2n) is 4.79. The van der Waals surface area contributed by atoms with Crippen molar-refractivity contribution < 1.29 is 14.7 Å². The molecular formula is C17H17N3O3. The van der Waals surface area contributed by atoms with Crippen molar-refractivity contribution in [2.45, 2.75) is 6.42 Å². The molecule has 0 radical (unpaired) electrons. The van der Waals surface area contributed by atoms with Gasteiger partial charge in [0, 0.05) is 6.54 Å². The largest absolute Gasteiger partial charge is 0.508 e. The molecule has 0 unspecified atom stereocenters. The Bertz CT molecular complexity index is 699. The first-order valence-electron chi connectivity index (χ1n) is 7.09. The lowest BCUT2D eigenvalue weighted by Gasteiger charge is -2.04. The van der Waals surface area contributed by atoms with Gasteiger partial charge in [-0.3, -0.25) is 9.59 Å². The van der Waals surface area contributed by atoms with Crippen LogP contribution in [0.25, 0.3) is 0 Å². The van der Waals surface area contributed by atoms with Crippen LogP contribution in [0.15, 0.2) is 59.7 Å². The van der Waals surface area contributed by atoms with Gasteiger partial charge in [0.05, 0.1) is 6.21 Å². The quantitative estimate of drug-likeness (QED) is 0.440. The van der Waals surface area contributed by atoms with E-state index in [0.717, 1.165) is 5.56 Å². The summed E-state index contributed by atoms with van der Waals surface area (Å²) in [6.07, 6.45) is 1.99. The van der Waals surface area contributed by atoms with Crippen molar-refractivity contribution in [1.82, 2.24) is 10.7 Å². The molecule has 23 heavy (non-hydrogen) atoms. The molecule has 0 spiro atoms. The molecule has 2 amide bonds. The zero-order chi connectivity index (χ0) is 16.5. The molecule has 2 aromatic carbocycles.